The van der Waals surface area contributed by atoms with E-state index in [1.807, 2.05) is 6.20 Å². The smallest absolute Gasteiger partial charge is 0.0484 e. The Morgan fingerprint density at radius 3 is 2.84 bits per heavy atom. The van der Waals surface area contributed by atoms with Gasteiger partial charge in [0, 0.05) is 23.3 Å². The number of nitrogens with zero attached hydrogens (tertiary/aromatic N) is 1. The molecule has 0 radical (unpaired) electrons. The number of hydrogen-bond acceptors (Lipinski definition) is 2. The molecule has 104 valence electrons. The fourth-order valence-corrected chi connectivity index (χ4v) is 4.94. The summed E-state index contributed by atoms with van der Waals surface area (Å²) >= 11 is 0. The Hall–Kier alpha value is -0.890. The Bertz CT molecular complexity index is 480. The molecule has 0 bridgehead atoms. The first-order valence-corrected chi connectivity index (χ1v) is 7.62. The fourth-order valence-electron chi connectivity index (χ4n) is 4.94. The van der Waals surface area contributed by atoms with Gasteiger partial charge in [0.2, 0.25) is 0 Å². The molecule has 3 rings (SSSR count). The maximum absolute atomic E-state index is 6.91. The zero-order valence-corrected chi connectivity index (χ0v) is 12.4. The van der Waals surface area contributed by atoms with Crippen LogP contribution in [0.1, 0.15) is 63.6 Å². The van der Waals surface area contributed by atoms with E-state index in [0.717, 1.165) is 25.2 Å². The third kappa shape index (κ3) is 2.31. The highest BCUT2D eigenvalue weighted by molar-refractivity contribution is 5.32. The van der Waals surface area contributed by atoms with Gasteiger partial charge in [0.15, 0.2) is 0 Å². The van der Waals surface area contributed by atoms with Crippen LogP contribution in [0.5, 0.6) is 0 Å². The van der Waals surface area contributed by atoms with Crippen molar-refractivity contribution in [3.63, 3.8) is 0 Å². The summed E-state index contributed by atoms with van der Waals surface area (Å²) in [4.78, 5) is 4.65. The second kappa shape index (κ2) is 4.31. The maximum atomic E-state index is 6.91. The van der Waals surface area contributed by atoms with E-state index in [9.17, 15) is 0 Å². The lowest BCUT2D eigenvalue weighted by atomic mass is 9.60. The van der Waals surface area contributed by atoms with Gasteiger partial charge >= 0.3 is 0 Å². The number of rotatable bonds is 1. The van der Waals surface area contributed by atoms with Gasteiger partial charge in [-0.1, -0.05) is 26.8 Å². The fraction of sp³-hybridized carbons (Fsp3) is 0.706. The Morgan fingerprint density at radius 1 is 1.32 bits per heavy atom. The van der Waals surface area contributed by atoms with Crippen molar-refractivity contribution in [2.24, 2.45) is 17.1 Å². The number of nitrogens with two attached hydrogens (primary N) is 1. The molecule has 1 saturated carbocycles. The lowest BCUT2D eigenvalue weighted by Crippen LogP contribution is -2.53. The van der Waals surface area contributed by atoms with Gasteiger partial charge in [-0.2, -0.15) is 0 Å². The molecule has 1 heterocycles. The van der Waals surface area contributed by atoms with Crippen molar-refractivity contribution >= 4 is 0 Å². The molecule has 3 atom stereocenters. The van der Waals surface area contributed by atoms with Crippen LogP contribution in [0.3, 0.4) is 0 Å². The normalized spacial score (nSPS) is 37.1. The molecule has 1 aromatic heterocycles. The summed E-state index contributed by atoms with van der Waals surface area (Å²) < 4.78 is 0. The Morgan fingerprint density at radius 2 is 2.11 bits per heavy atom. The van der Waals surface area contributed by atoms with Gasteiger partial charge in [0.05, 0.1) is 0 Å². The summed E-state index contributed by atoms with van der Waals surface area (Å²) in [5, 5.41) is 0. The van der Waals surface area contributed by atoms with Crippen LogP contribution in [-0.4, -0.2) is 10.5 Å². The summed E-state index contributed by atoms with van der Waals surface area (Å²) in [6.45, 7) is 7.11. The number of pyridine rings is 1. The van der Waals surface area contributed by atoms with Crippen molar-refractivity contribution in [2.45, 2.75) is 64.3 Å². The predicted molar refractivity (Wildman–Crippen MR) is 79.0 cm³/mol. The van der Waals surface area contributed by atoms with Gasteiger partial charge in [-0.3, -0.25) is 4.98 Å². The highest BCUT2D eigenvalue weighted by atomic mass is 14.8. The molecular weight excluding hydrogens is 232 g/mol. The minimum absolute atomic E-state index is 0.0548. The Labute approximate surface area is 116 Å². The monoisotopic (exact) mass is 258 g/mol. The third-order valence-electron chi connectivity index (χ3n) is 5.09. The van der Waals surface area contributed by atoms with Crippen LogP contribution in [-0.2, 0) is 6.42 Å². The van der Waals surface area contributed by atoms with Crippen molar-refractivity contribution in [3.05, 3.63) is 29.6 Å². The van der Waals surface area contributed by atoms with E-state index in [-0.39, 0.29) is 5.54 Å². The van der Waals surface area contributed by atoms with Crippen LogP contribution in [0.2, 0.25) is 0 Å². The average Bonchev–Trinajstić information content (AvgIpc) is 2.69. The van der Waals surface area contributed by atoms with Crippen LogP contribution >= 0.6 is 0 Å². The second-order valence-electron chi connectivity index (χ2n) is 7.73. The van der Waals surface area contributed by atoms with Crippen molar-refractivity contribution in [1.29, 1.82) is 0 Å². The van der Waals surface area contributed by atoms with Crippen LogP contribution in [0.4, 0.5) is 0 Å². The summed E-state index contributed by atoms with van der Waals surface area (Å²) in [7, 11) is 0. The molecule has 0 amide bonds. The molecule has 3 unspecified atom stereocenters. The van der Waals surface area contributed by atoms with Gasteiger partial charge in [-0.15, -0.1) is 0 Å². The van der Waals surface area contributed by atoms with Crippen LogP contribution in [0.15, 0.2) is 18.3 Å². The van der Waals surface area contributed by atoms with Gasteiger partial charge in [-0.25, -0.2) is 0 Å². The average molecular weight is 258 g/mol. The van der Waals surface area contributed by atoms with Crippen molar-refractivity contribution in [3.8, 4) is 0 Å². The number of hydrogen-bond donors (Lipinski definition) is 1. The van der Waals surface area contributed by atoms with Crippen molar-refractivity contribution in [2.75, 3.05) is 0 Å². The first kappa shape index (κ1) is 13.1. The predicted octanol–water partition coefficient (Wildman–Crippen LogP) is 3.66. The minimum Gasteiger partial charge on any atom is -0.324 e. The Kier molecular flexibility index (Phi) is 2.97. The quantitative estimate of drug-likeness (QED) is 0.835. The lowest BCUT2D eigenvalue weighted by Gasteiger charge is -2.48. The van der Waals surface area contributed by atoms with E-state index in [1.165, 1.54) is 24.1 Å². The van der Waals surface area contributed by atoms with Crippen LogP contribution in [0.25, 0.3) is 0 Å². The highest BCUT2D eigenvalue weighted by Crippen LogP contribution is 2.51. The van der Waals surface area contributed by atoms with E-state index in [4.69, 9.17) is 5.73 Å². The van der Waals surface area contributed by atoms with E-state index < -0.39 is 0 Å². The molecule has 0 aromatic carbocycles. The molecule has 2 N–H and O–H groups in total. The molecule has 0 spiro atoms. The zero-order valence-electron chi connectivity index (χ0n) is 12.4. The topological polar surface area (TPSA) is 38.9 Å². The van der Waals surface area contributed by atoms with E-state index >= 15 is 0 Å². The third-order valence-corrected chi connectivity index (χ3v) is 5.09. The largest absolute Gasteiger partial charge is 0.324 e. The summed E-state index contributed by atoms with van der Waals surface area (Å²) in [6.07, 6.45) is 7.85. The van der Waals surface area contributed by atoms with E-state index in [1.54, 1.807) is 0 Å². The highest BCUT2D eigenvalue weighted by Gasteiger charge is 2.47. The molecular formula is C17H26N2. The molecule has 1 fully saturated rings. The molecule has 2 heteroatoms. The first-order chi connectivity index (χ1) is 8.90. The molecule has 19 heavy (non-hydrogen) atoms. The maximum Gasteiger partial charge on any atom is 0.0484 e. The SMILES string of the molecule is CC1CC(C)(C)CC(N)(C2CCc3cccnc32)C1. The van der Waals surface area contributed by atoms with Gasteiger partial charge in [0.1, 0.15) is 0 Å². The molecule has 2 aliphatic carbocycles. The molecule has 1 aromatic rings. The summed E-state index contributed by atoms with van der Waals surface area (Å²) in [6, 6.07) is 4.28. The molecule has 2 nitrogen and oxygen atoms in total. The first-order valence-electron chi connectivity index (χ1n) is 7.62. The van der Waals surface area contributed by atoms with Crippen LogP contribution in [0, 0.1) is 11.3 Å². The van der Waals surface area contributed by atoms with Crippen molar-refractivity contribution in [1.82, 2.24) is 4.98 Å². The molecule has 0 aliphatic heterocycles. The summed E-state index contributed by atoms with van der Waals surface area (Å²) in [5.74, 6) is 1.19. The number of fused-ring (bicyclic) bond motifs is 1. The van der Waals surface area contributed by atoms with Gasteiger partial charge < -0.3 is 5.73 Å². The van der Waals surface area contributed by atoms with Gasteiger partial charge in [0.25, 0.3) is 0 Å². The van der Waals surface area contributed by atoms with E-state index in [2.05, 4.69) is 37.9 Å². The minimum atomic E-state index is -0.0548. The lowest BCUT2D eigenvalue weighted by molar-refractivity contribution is 0.0882. The standard InChI is InChI=1S/C17H26N2/c1-12-9-16(2,3)11-17(18,10-12)14-7-6-13-5-4-8-19-15(13)14/h4-5,8,12,14H,6-7,9-11,18H2,1-3H3. The Balaban J connectivity index is 1.93. The van der Waals surface area contributed by atoms with Gasteiger partial charge in [-0.05, 0) is 55.1 Å². The number of aryl methyl sites for hydroxylation is 1. The van der Waals surface area contributed by atoms with E-state index in [0.29, 0.717) is 11.3 Å². The summed E-state index contributed by atoms with van der Waals surface area (Å²) in [5.41, 5.74) is 9.93. The molecule has 2 aliphatic rings. The van der Waals surface area contributed by atoms with Crippen LogP contribution < -0.4 is 5.73 Å². The van der Waals surface area contributed by atoms with Crippen molar-refractivity contribution < 1.29 is 0 Å². The zero-order chi connectivity index (χ0) is 13.7. The second-order valence-corrected chi connectivity index (χ2v) is 7.73. The molecule has 0 saturated heterocycles. The number of aromatic nitrogens is 1.